The van der Waals surface area contributed by atoms with Gasteiger partial charge in [0.1, 0.15) is 5.82 Å². The summed E-state index contributed by atoms with van der Waals surface area (Å²) in [6.07, 6.45) is 0.739. The standard InChI is InChI=1S/C22H24FN3O4S2/c1-13-3-4-16(11-18(13)23)24-22(28)15-7-9-26(10-8-15)32(29,30)17-5-6-20-19(12-17)25-21(27)14(2)31-20/h3-6,11-12,14-15H,7-10H2,1-2H3,(H,24,28)(H,25,27)/t14-/m1/s1. The minimum absolute atomic E-state index is 0.115. The average Bonchev–Trinajstić information content (AvgIpc) is 2.77. The van der Waals surface area contributed by atoms with Crippen molar-refractivity contribution >= 4 is 45.0 Å². The number of thioether (sulfide) groups is 1. The van der Waals surface area contributed by atoms with Gasteiger partial charge < -0.3 is 10.6 Å². The van der Waals surface area contributed by atoms with Crippen molar-refractivity contribution in [2.24, 2.45) is 5.92 Å². The summed E-state index contributed by atoms with van der Waals surface area (Å²) in [4.78, 5) is 25.4. The number of hydrogen-bond acceptors (Lipinski definition) is 5. The molecule has 0 aromatic heterocycles. The highest BCUT2D eigenvalue weighted by atomic mass is 32.2. The molecule has 0 bridgehead atoms. The maximum Gasteiger partial charge on any atom is 0.243 e. The number of carbonyl (C=O) groups excluding carboxylic acids is 2. The molecule has 2 aliphatic heterocycles. The molecule has 170 valence electrons. The van der Waals surface area contributed by atoms with E-state index in [0.717, 1.165) is 4.90 Å². The Morgan fingerprint density at radius 2 is 1.91 bits per heavy atom. The Balaban J connectivity index is 1.41. The van der Waals surface area contributed by atoms with Crippen molar-refractivity contribution in [2.45, 2.75) is 41.7 Å². The Hall–Kier alpha value is -2.43. The zero-order valence-electron chi connectivity index (χ0n) is 17.7. The number of amides is 2. The number of aryl methyl sites for hydroxylation is 1. The number of nitrogens with one attached hydrogen (secondary N) is 2. The second kappa shape index (κ2) is 8.84. The predicted molar refractivity (Wildman–Crippen MR) is 122 cm³/mol. The normalized spacial score (nSPS) is 19.8. The van der Waals surface area contributed by atoms with E-state index in [0.29, 0.717) is 29.8 Å². The lowest BCUT2D eigenvalue weighted by atomic mass is 9.97. The highest BCUT2D eigenvalue weighted by Gasteiger charge is 2.33. The van der Waals surface area contributed by atoms with Crippen LogP contribution in [0, 0.1) is 18.7 Å². The van der Waals surface area contributed by atoms with Gasteiger partial charge in [-0.3, -0.25) is 9.59 Å². The van der Waals surface area contributed by atoms with Gasteiger partial charge in [0.2, 0.25) is 21.8 Å². The van der Waals surface area contributed by atoms with Crippen LogP contribution >= 0.6 is 11.8 Å². The van der Waals surface area contributed by atoms with Gasteiger partial charge in [0.15, 0.2) is 0 Å². The first-order valence-corrected chi connectivity index (χ1v) is 12.7. The first kappa shape index (κ1) is 22.8. The van der Waals surface area contributed by atoms with Gasteiger partial charge in [0, 0.05) is 29.6 Å². The third-order valence-electron chi connectivity index (χ3n) is 5.78. The van der Waals surface area contributed by atoms with Crippen molar-refractivity contribution in [3.8, 4) is 0 Å². The summed E-state index contributed by atoms with van der Waals surface area (Å²) in [6.45, 7) is 3.85. The molecule has 4 rings (SSSR count). The van der Waals surface area contributed by atoms with E-state index < -0.39 is 15.8 Å². The van der Waals surface area contributed by atoms with Crippen LogP contribution in [0.2, 0.25) is 0 Å². The fourth-order valence-corrected chi connectivity index (χ4v) is 6.20. The minimum atomic E-state index is -3.75. The lowest BCUT2D eigenvalue weighted by Gasteiger charge is -2.31. The minimum Gasteiger partial charge on any atom is -0.326 e. The Morgan fingerprint density at radius 3 is 2.59 bits per heavy atom. The zero-order valence-corrected chi connectivity index (χ0v) is 19.4. The fraction of sp³-hybridized carbons (Fsp3) is 0.364. The number of carbonyl (C=O) groups is 2. The summed E-state index contributed by atoms with van der Waals surface area (Å²) >= 11 is 1.39. The SMILES string of the molecule is Cc1ccc(NC(=O)C2CCN(S(=O)(=O)c3ccc4c(c3)NC(=O)[C@@H](C)S4)CC2)cc1F. The number of hydrogen-bond donors (Lipinski definition) is 2. The van der Waals surface area contributed by atoms with E-state index in [4.69, 9.17) is 0 Å². The van der Waals surface area contributed by atoms with Crippen LogP contribution in [0.25, 0.3) is 0 Å². The molecule has 2 amide bonds. The van der Waals surface area contributed by atoms with E-state index in [1.165, 1.54) is 28.2 Å². The summed E-state index contributed by atoms with van der Waals surface area (Å²) in [6, 6.07) is 9.27. The van der Waals surface area contributed by atoms with Gasteiger partial charge in [-0.05, 0) is 62.6 Å². The molecule has 2 N–H and O–H groups in total. The second-order valence-electron chi connectivity index (χ2n) is 8.04. The van der Waals surface area contributed by atoms with E-state index >= 15 is 0 Å². The Labute approximate surface area is 190 Å². The molecule has 0 saturated carbocycles. The molecule has 0 unspecified atom stereocenters. The van der Waals surface area contributed by atoms with Crippen LogP contribution in [0.1, 0.15) is 25.3 Å². The molecule has 32 heavy (non-hydrogen) atoms. The topological polar surface area (TPSA) is 95.6 Å². The molecular formula is C22H24FN3O4S2. The van der Waals surface area contributed by atoms with Gasteiger partial charge >= 0.3 is 0 Å². The van der Waals surface area contributed by atoms with Gasteiger partial charge in [0.25, 0.3) is 0 Å². The average molecular weight is 478 g/mol. The summed E-state index contributed by atoms with van der Waals surface area (Å²) in [5, 5.41) is 5.24. The quantitative estimate of drug-likeness (QED) is 0.702. The number of anilines is 2. The smallest absolute Gasteiger partial charge is 0.243 e. The number of piperidine rings is 1. The highest BCUT2D eigenvalue weighted by molar-refractivity contribution is 8.01. The van der Waals surface area contributed by atoms with Crippen molar-refractivity contribution in [2.75, 3.05) is 23.7 Å². The molecule has 2 aliphatic rings. The van der Waals surface area contributed by atoms with Crippen LogP contribution in [0.4, 0.5) is 15.8 Å². The van der Waals surface area contributed by atoms with Crippen molar-refractivity contribution in [3.63, 3.8) is 0 Å². The van der Waals surface area contributed by atoms with Gasteiger partial charge in [0.05, 0.1) is 15.8 Å². The Bertz CT molecular complexity index is 1180. The van der Waals surface area contributed by atoms with Crippen LogP contribution in [-0.4, -0.2) is 42.9 Å². The Morgan fingerprint density at radius 1 is 1.19 bits per heavy atom. The molecule has 0 radical (unpaired) electrons. The van der Waals surface area contributed by atoms with Gasteiger partial charge in [-0.25, -0.2) is 12.8 Å². The molecule has 7 nitrogen and oxygen atoms in total. The van der Waals surface area contributed by atoms with E-state index in [1.807, 2.05) is 0 Å². The van der Waals surface area contributed by atoms with Gasteiger partial charge in [-0.2, -0.15) is 4.31 Å². The number of rotatable bonds is 4. The summed E-state index contributed by atoms with van der Waals surface area (Å²) in [5.41, 5.74) is 1.38. The molecular weight excluding hydrogens is 453 g/mol. The molecule has 2 aromatic rings. The number of halogens is 1. The van der Waals surface area contributed by atoms with Crippen molar-refractivity contribution in [1.29, 1.82) is 0 Å². The summed E-state index contributed by atoms with van der Waals surface area (Å²) < 4.78 is 41.3. The van der Waals surface area contributed by atoms with Gasteiger partial charge in [-0.15, -0.1) is 11.8 Å². The highest BCUT2D eigenvalue weighted by Crippen LogP contribution is 2.37. The third kappa shape index (κ3) is 4.53. The largest absolute Gasteiger partial charge is 0.326 e. The summed E-state index contributed by atoms with van der Waals surface area (Å²) in [7, 11) is -3.75. The molecule has 10 heteroatoms. The van der Waals surface area contributed by atoms with Gasteiger partial charge in [-0.1, -0.05) is 6.07 Å². The number of benzene rings is 2. The predicted octanol–water partition coefficient (Wildman–Crippen LogP) is 3.61. The molecule has 2 heterocycles. The Kier molecular flexibility index (Phi) is 6.28. The molecule has 0 spiro atoms. The maximum atomic E-state index is 13.7. The van der Waals surface area contributed by atoms with E-state index in [-0.39, 0.29) is 41.0 Å². The fourth-order valence-electron chi connectivity index (χ4n) is 3.77. The number of sulfonamides is 1. The zero-order chi connectivity index (χ0) is 23.0. The van der Waals surface area contributed by atoms with Crippen molar-refractivity contribution in [1.82, 2.24) is 4.31 Å². The lowest BCUT2D eigenvalue weighted by Crippen LogP contribution is -2.41. The lowest BCUT2D eigenvalue weighted by molar-refractivity contribution is -0.121. The maximum absolute atomic E-state index is 13.7. The summed E-state index contributed by atoms with van der Waals surface area (Å²) in [5.74, 6) is -1.14. The monoisotopic (exact) mass is 477 g/mol. The van der Waals surface area contributed by atoms with Crippen LogP contribution in [0.5, 0.6) is 0 Å². The number of fused-ring (bicyclic) bond motifs is 1. The number of nitrogens with zero attached hydrogens (tertiary/aromatic N) is 1. The van der Waals surface area contributed by atoms with Crippen LogP contribution in [0.15, 0.2) is 46.2 Å². The first-order chi connectivity index (χ1) is 15.1. The molecule has 1 saturated heterocycles. The van der Waals surface area contributed by atoms with Crippen molar-refractivity contribution < 1.29 is 22.4 Å². The van der Waals surface area contributed by atoms with E-state index in [2.05, 4.69) is 10.6 Å². The molecule has 1 atom stereocenters. The first-order valence-electron chi connectivity index (χ1n) is 10.3. The van der Waals surface area contributed by atoms with E-state index in [9.17, 15) is 22.4 Å². The third-order valence-corrected chi connectivity index (χ3v) is 8.86. The molecule has 1 fully saturated rings. The molecule has 2 aromatic carbocycles. The van der Waals surface area contributed by atoms with Crippen LogP contribution in [0.3, 0.4) is 0 Å². The second-order valence-corrected chi connectivity index (χ2v) is 11.4. The molecule has 0 aliphatic carbocycles. The van der Waals surface area contributed by atoms with Crippen LogP contribution in [-0.2, 0) is 19.6 Å². The van der Waals surface area contributed by atoms with E-state index in [1.54, 1.807) is 38.1 Å². The van der Waals surface area contributed by atoms with Crippen molar-refractivity contribution in [3.05, 3.63) is 47.8 Å². The van der Waals surface area contributed by atoms with Crippen LogP contribution < -0.4 is 10.6 Å².